The van der Waals surface area contributed by atoms with Gasteiger partial charge in [-0.1, -0.05) is 23.8 Å². The number of imidazole rings is 1. The number of hydrogen-bond acceptors (Lipinski definition) is 5. The van der Waals surface area contributed by atoms with Gasteiger partial charge in [0.2, 0.25) is 0 Å². The van der Waals surface area contributed by atoms with Crippen molar-refractivity contribution < 1.29 is 4.92 Å². The number of benzene rings is 2. The molecule has 1 aliphatic carbocycles. The van der Waals surface area contributed by atoms with Crippen molar-refractivity contribution in [3.63, 3.8) is 0 Å². The van der Waals surface area contributed by atoms with Gasteiger partial charge >= 0.3 is 0 Å². The molecule has 2 aromatic carbocycles. The van der Waals surface area contributed by atoms with E-state index in [1.807, 2.05) is 24.3 Å². The maximum Gasteiger partial charge on any atom is 0.269 e. The van der Waals surface area contributed by atoms with Crippen molar-refractivity contribution in [2.45, 2.75) is 38.6 Å². The summed E-state index contributed by atoms with van der Waals surface area (Å²) in [4.78, 5) is 25.0. The molecule has 4 aromatic rings. The summed E-state index contributed by atoms with van der Waals surface area (Å²) in [5, 5.41) is 11.0. The molecule has 0 aliphatic heterocycles. The zero-order valence-electron chi connectivity index (χ0n) is 16.5. The van der Waals surface area contributed by atoms with Crippen LogP contribution in [-0.2, 0) is 6.54 Å². The Morgan fingerprint density at radius 3 is 2.43 bits per heavy atom. The Morgan fingerprint density at radius 2 is 1.73 bits per heavy atom. The predicted octanol–water partition coefficient (Wildman–Crippen LogP) is 5.45. The van der Waals surface area contributed by atoms with Crippen molar-refractivity contribution in [2.24, 2.45) is 0 Å². The minimum Gasteiger partial charge on any atom is -0.307 e. The van der Waals surface area contributed by atoms with Crippen LogP contribution < -0.4 is 0 Å². The first-order valence-electron chi connectivity index (χ1n) is 10.2. The highest BCUT2D eigenvalue weighted by atomic mass is 16.6. The second-order valence-electron chi connectivity index (χ2n) is 7.61. The van der Waals surface area contributed by atoms with Gasteiger partial charge in [-0.05, 0) is 56.4 Å². The fourth-order valence-electron chi connectivity index (χ4n) is 4.05. The molecule has 0 saturated heterocycles. The SMILES string of the molecule is O=[N+]([O-])c1ccc(-c2nc3nc4ccccc4nc3n2CCC2=CCCCC2)cc1. The highest BCUT2D eigenvalue weighted by Crippen LogP contribution is 2.28. The normalized spacial score (nSPS) is 14.2. The lowest BCUT2D eigenvalue weighted by atomic mass is 9.97. The molecular formula is C23H21N5O2. The highest BCUT2D eigenvalue weighted by molar-refractivity contribution is 5.84. The Kier molecular flexibility index (Phi) is 4.71. The Bertz CT molecular complexity index is 1270. The van der Waals surface area contributed by atoms with Gasteiger partial charge in [-0.2, -0.15) is 0 Å². The lowest BCUT2D eigenvalue weighted by Crippen LogP contribution is -2.04. The van der Waals surface area contributed by atoms with Gasteiger partial charge in [0.25, 0.3) is 5.69 Å². The van der Waals surface area contributed by atoms with Crippen LogP contribution in [0.25, 0.3) is 33.7 Å². The van der Waals surface area contributed by atoms with Gasteiger partial charge in [0.1, 0.15) is 5.82 Å². The number of fused-ring (bicyclic) bond motifs is 2. The molecular weight excluding hydrogens is 378 g/mol. The second kappa shape index (κ2) is 7.67. The van der Waals surface area contributed by atoms with Gasteiger partial charge in [-0.15, -0.1) is 0 Å². The number of nitro benzene ring substituents is 1. The molecule has 0 amide bonds. The smallest absolute Gasteiger partial charge is 0.269 e. The molecule has 0 bridgehead atoms. The average Bonchev–Trinajstić information content (AvgIpc) is 3.14. The first kappa shape index (κ1) is 18.4. The summed E-state index contributed by atoms with van der Waals surface area (Å²) in [6.07, 6.45) is 8.11. The van der Waals surface area contributed by atoms with E-state index in [2.05, 4.69) is 10.6 Å². The fraction of sp³-hybridized carbons (Fsp3) is 0.261. The number of nitrogens with zero attached hydrogens (tertiary/aromatic N) is 5. The Hall–Kier alpha value is -3.61. The molecule has 0 saturated carbocycles. The summed E-state index contributed by atoms with van der Waals surface area (Å²) in [6, 6.07) is 14.3. The standard InChI is InChI=1S/C23H21N5O2/c29-28(30)18-12-10-17(11-13-18)22-26-21-23(25-20-9-5-4-8-19(20)24-21)27(22)15-14-16-6-2-1-3-7-16/h4-6,8-13H,1-3,7,14-15H2. The number of aromatic nitrogens is 4. The third-order valence-electron chi connectivity index (χ3n) is 5.64. The van der Waals surface area contributed by atoms with Crippen LogP contribution in [0.3, 0.4) is 0 Å². The van der Waals surface area contributed by atoms with E-state index in [1.165, 1.54) is 30.5 Å². The first-order chi connectivity index (χ1) is 14.7. The molecule has 0 atom stereocenters. The molecule has 0 fully saturated rings. The van der Waals surface area contributed by atoms with Crippen LogP contribution in [0.1, 0.15) is 32.1 Å². The quantitative estimate of drug-likeness (QED) is 0.253. The molecule has 2 heterocycles. The third kappa shape index (κ3) is 3.43. The summed E-state index contributed by atoms with van der Waals surface area (Å²) >= 11 is 0. The zero-order chi connectivity index (χ0) is 20.5. The number of nitro groups is 1. The number of hydrogen-bond donors (Lipinski definition) is 0. The Labute approximate surface area is 173 Å². The molecule has 2 aromatic heterocycles. The molecule has 0 spiro atoms. The van der Waals surface area contributed by atoms with Crippen molar-refractivity contribution in [1.29, 1.82) is 0 Å². The molecule has 0 radical (unpaired) electrons. The number of allylic oxidation sites excluding steroid dienone is 2. The second-order valence-corrected chi connectivity index (χ2v) is 7.61. The molecule has 150 valence electrons. The summed E-state index contributed by atoms with van der Waals surface area (Å²) in [6.45, 7) is 0.752. The molecule has 1 aliphatic rings. The van der Waals surface area contributed by atoms with Crippen LogP contribution in [0.4, 0.5) is 5.69 Å². The summed E-state index contributed by atoms with van der Waals surface area (Å²) < 4.78 is 2.10. The third-order valence-corrected chi connectivity index (χ3v) is 5.64. The zero-order valence-corrected chi connectivity index (χ0v) is 16.5. The van der Waals surface area contributed by atoms with Gasteiger partial charge < -0.3 is 4.57 Å². The van der Waals surface area contributed by atoms with E-state index < -0.39 is 4.92 Å². The Morgan fingerprint density at radius 1 is 0.967 bits per heavy atom. The lowest BCUT2D eigenvalue weighted by molar-refractivity contribution is -0.384. The van der Waals surface area contributed by atoms with E-state index in [9.17, 15) is 10.1 Å². The minimum absolute atomic E-state index is 0.0655. The molecule has 0 N–H and O–H groups in total. The number of para-hydroxylation sites is 2. The number of rotatable bonds is 5. The van der Waals surface area contributed by atoms with Crippen molar-refractivity contribution in [3.05, 3.63) is 70.3 Å². The largest absolute Gasteiger partial charge is 0.307 e. The van der Waals surface area contributed by atoms with Gasteiger partial charge in [0.05, 0.1) is 16.0 Å². The molecule has 7 heteroatoms. The van der Waals surface area contributed by atoms with Crippen LogP contribution in [0.15, 0.2) is 60.2 Å². The molecule has 30 heavy (non-hydrogen) atoms. The maximum absolute atomic E-state index is 11.0. The van der Waals surface area contributed by atoms with E-state index >= 15 is 0 Å². The van der Waals surface area contributed by atoms with Crippen LogP contribution in [0.2, 0.25) is 0 Å². The minimum atomic E-state index is -0.391. The Balaban J connectivity index is 1.62. The van der Waals surface area contributed by atoms with Crippen LogP contribution in [0.5, 0.6) is 0 Å². The number of aryl methyl sites for hydroxylation is 1. The molecule has 0 unspecified atom stereocenters. The summed E-state index contributed by atoms with van der Waals surface area (Å²) in [7, 11) is 0. The lowest BCUT2D eigenvalue weighted by Gasteiger charge is -2.14. The van der Waals surface area contributed by atoms with Crippen LogP contribution >= 0.6 is 0 Å². The van der Waals surface area contributed by atoms with Crippen molar-refractivity contribution in [1.82, 2.24) is 19.5 Å². The van der Waals surface area contributed by atoms with Gasteiger partial charge in [-0.3, -0.25) is 10.1 Å². The van der Waals surface area contributed by atoms with Crippen LogP contribution in [0, 0.1) is 10.1 Å². The van der Waals surface area contributed by atoms with Crippen molar-refractivity contribution in [3.8, 4) is 11.4 Å². The predicted molar refractivity (Wildman–Crippen MR) is 116 cm³/mol. The highest BCUT2D eigenvalue weighted by Gasteiger charge is 2.17. The van der Waals surface area contributed by atoms with E-state index in [0.717, 1.165) is 53.9 Å². The van der Waals surface area contributed by atoms with E-state index in [1.54, 1.807) is 12.1 Å². The van der Waals surface area contributed by atoms with Crippen molar-refractivity contribution in [2.75, 3.05) is 0 Å². The molecule has 5 rings (SSSR count). The topological polar surface area (TPSA) is 86.7 Å². The van der Waals surface area contributed by atoms with Crippen molar-refractivity contribution >= 4 is 28.0 Å². The monoisotopic (exact) mass is 399 g/mol. The van der Waals surface area contributed by atoms with E-state index in [0.29, 0.717) is 5.65 Å². The van der Waals surface area contributed by atoms with Crippen LogP contribution in [-0.4, -0.2) is 24.4 Å². The fourth-order valence-corrected chi connectivity index (χ4v) is 4.05. The first-order valence-corrected chi connectivity index (χ1v) is 10.2. The summed E-state index contributed by atoms with van der Waals surface area (Å²) in [5.74, 6) is 0.742. The van der Waals surface area contributed by atoms with Gasteiger partial charge in [-0.25, -0.2) is 15.0 Å². The van der Waals surface area contributed by atoms with Gasteiger partial charge in [0.15, 0.2) is 11.3 Å². The maximum atomic E-state index is 11.0. The average molecular weight is 399 g/mol. The van der Waals surface area contributed by atoms with E-state index in [-0.39, 0.29) is 5.69 Å². The van der Waals surface area contributed by atoms with Gasteiger partial charge in [0, 0.05) is 24.2 Å². The molecule has 7 nitrogen and oxygen atoms in total. The number of non-ortho nitro benzene ring substituents is 1. The van der Waals surface area contributed by atoms with E-state index in [4.69, 9.17) is 15.0 Å². The summed E-state index contributed by atoms with van der Waals surface area (Å²) in [5.41, 5.74) is 5.35.